The Morgan fingerprint density at radius 2 is 1.21 bits per heavy atom. The molecule has 0 aliphatic rings. The Morgan fingerprint density at radius 1 is 0.792 bits per heavy atom. The first kappa shape index (κ1) is 27.7. The molecule has 0 amide bonds. The number of unbranched alkanes of at least 4 members (excludes halogenated alkanes) is 9. The summed E-state index contributed by atoms with van der Waals surface area (Å²) in [6.07, 6.45) is 12.5. The van der Waals surface area contributed by atoms with Gasteiger partial charge in [0.05, 0.1) is 21.5 Å². The van der Waals surface area contributed by atoms with Crippen LogP contribution in [-0.2, 0) is 10.1 Å². The molecule has 0 aromatic heterocycles. The summed E-state index contributed by atoms with van der Waals surface area (Å²) in [4.78, 5) is 0. The number of hydrogen-bond donors (Lipinski definition) is 1. The molecular formula is C18H37KO4S. The van der Waals surface area contributed by atoms with E-state index in [0.717, 1.165) is 38.5 Å². The molecule has 0 saturated heterocycles. The van der Waals surface area contributed by atoms with Crippen LogP contribution in [0.5, 0.6) is 0 Å². The molecule has 0 heterocycles. The maximum atomic E-state index is 11.4. The maximum absolute atomic E-state index is 11.4. The van der Waals surface area contributed by atoms with Crippen molar-refractivity contribution in [2.24, 2.45) is 0 Å². The fourth-order valence-corrected chi connectivity index (χ4v) is 3.85. The third-order valence-electron chi connectivity index (χ3n) is 4.46. The number of aliphatic hydroxyl groups excluding tert-OH is 1. The number of aliphatic hydroxyl groups is 1. The molecule has 0 aliphatic carbocycles. The Kier molecular flexibility index (Phi) is 20.7. The molecule has 1 N–H and O–H groups in total. The first-order valence-corrected chi connectivity index (χ1v) is 11.0. The second-order valence-corrected chi connectivity index (χ2v) is 8.42. The van der Waals surface area contributed by atoms with Crippen LogP contribution in [0.15, 0.2) is 0 Å². The monoisotopic (exact) mass is 388 g/mol. The minimum Gasteiger partial charge on any atom is -0.748 e. The van der Waals surface area contributed by atoms with E-state index in [1.165, 1.54) is 32.1 Å². The Morgan fingerprint density at radius 3 is 1.71 bits per heavy atom. The van der Waals surface area contributed by atoms with E-state index in [9.17, 15) is 18.1 Å². The topological polar surface area (TPSA) is 77.4 Å². The molecule has 0 aliphatic heterocycles. The molecular weight excluding hydrogens is 351 g/mol. The van der Waals surface area contributed by atoms with Gasteiger partial charge in [0.25, 0.3) is 0 Å². The van der Waals surface area contributed by atoms with Crippen molar-refractivity contribution in [3.63, 3.8) is 0 Å². The molecule has 140 valence electrons. The van der Waals surface area contributed by atoms with Gasteiger partial charge in [0.1, 0.15) is 0 Å². The van der Waals surface area contributed by atoms with Crippen LogP contribution in [-0.4, -0.2) is 29.4 Å². The van der Waals surface area contributed by atoms with Crippen molar-refractivity contribution in [2.45, 2.75) is 115 Å². The summed E-state index contributed by atoms with van der Waals surface area (Å²) >= 11 is 0. The Hall–Kier alpha value is 1.51. The molecule has 0 aromatic rings. The predicted octanol–water partition coefficient (Wildman–Crippen LogP) is 1.77. The maximum Gasteiger partial charge on any atom is 1.00 e. The van der Waals surface area contributed by atoms with Crippen LogP contribution in [0, 0.1) is 0 Å². The van der Waals surface area contributed by atoms with Crippen molar-refractivity contribution in [2.75, 3.05) is 0 Å². The molecule has 0 spiro atoms. The largest absolute Gasteiger partial charge is 1.00 e. The minimum atomic E-state index is -4.31. The Bertz CT molecular complexity index is 360. The van der Waals surface area contributed by atoms with Crippen LogP contribution in [0.4, 0.5) is 0 Å². The first-order chi connectivity index (χ1) is 10.9. The average Bonchev–Trinajstić information content (AvgIpc) is 2.48. The summed E-state index contributed by atoms with van der Waals surface area (Å²) in [6, 6.07) is 0. The van der Waals surface area contributed by atoms with E-state index in [1.807, 2.05) is 0 Å². The fourth-order valence-electron chi connectivity index (χ4n) is 2.94. The third-order valence-corrected chi connectivity index (χ3v) is 5.71. The van der Waals surface area contributed by atoms with Crippen LogP contribution in [0.25, 0.3) is 0 Å². The van der Waals surface area contributed by atoms with E-state index in [0.29, 0.717) is 12.8 Å². The van der Waals surface area contributed by atoms with Crippen molar-refractivity contribution < 1.29 is 69.5 Å². The van der Waals surface area contributed by atoms with Crippen LogP contribution in [0.3, 0.4) is 0 Å². The molecule has 0 aromatic carbocycles. The van der Waals surface area contributed by atoms with Crippen LogP contribution >= 0.6 is 0 Å². The van der Waals surface area contributed by atoms with Crippen molar-refractivity contribution in [1.29, 1.82) is 0 Å². The second kappa shape index (κ2) is 17.9. The average molecular weight is 389 g/mol. The van der Waals surface area contributed by atoms with Crippen LogP contribution < -0.4 is 51.4 Å². The van der Waals surface area contributed by atoms with Crippen molar-refractivity contribution in [1.82, 2.24) is 0 Å². The second-order valence-electron chi connectivity index (χ2n) is 6.76. The van der Waals surface area contributed by atoms with Gasteiger partial charge < -0.3 is 9.66 Å². The zero-order valence-electron chi connectivity index (χ0n) is 16.1. The van der Waals surface area contributed by atoms with Gasteiger partial charge in [-0.25, -0.2) is 8.42 Å². The molecule has 0 fully saturated rings. The molecule has 2 atom stereocenters. The van der Waals surface area contributed by atoms with Gasteiger partial charge in [-0.2, -0.15) is 0 Å². The van der Waals surface area contributed by atoms with E-state index >= 15 is 0 Å². The third kappa shape index (κ3) is 16.9. The smallest absolute Gasteiger partial charge is 0.748 e. The normalized spacial score (nSPS) is 14.2. The van der Waals surface area contributed by atoms with Gasteiger partial charge in [-0.05, 0) is 19.3 Å². The summed E-state index contributed by atoms with van der Waals surface area (Å²) in [7, 11) is -4.31. The van der Waals surface area contributed by atoms with E-state index in [-0.39, 0.29) is 57.8 Å². The summed E-state index contributed by atoms with van der Waals surface area (Å²) < 4.78 is 34.1. The molecule has 0 radical (unpaired) electrons. The van der Waals surface area contributed by atoms with E-state index in [4.69, 9.17) is 0 Å². The quantitative estimate of drug-likeness (QED) is 0.248. The molecule has 0 rings (SSSR count). The summed E-state index contributed by atoms with van der Waals surface area (Å²) in [5.41, 5.74) is 0. The van der Waals surface area contributed by atoms with Crippen LogP contribution in [0.1, 0.15) is 104 Å². The first-order valence-electron chi connectivity index (χ1n) is 9.54. The SMILES string of the molecule is CCCCCCCCCCC(CC(O)CCCCC)S(=O)(=O)[O-].[K+]. The zero-order valence-corrected chi connectivity index (χ0v) is 20.1. The summed E-state index contributed by atoms with van der Waals surface area (Å²) in [5.74, 6) is 0. The molecule has 24 heavy (non-hydrogen) atoms. The molecule has 0 bridgehead atoms. The Labute approximate surface area is 192 Å². The van der Waals surface area contributed by atoms with Gasteiger partial charge >= 0.3 is 51.4 Å². The van der Waals surface area contributed by atoms with Crippen molar-refractivity contribution in [3.8, 4) is 0 Å². The van der Waals surface area contributed by atoms with Crippen molar-refractivity contribution in [3.05, 3.63) is 0 Å². The van der Waals surface area contributed by atoms with E-state index < -0.39 is 21.5 Å². The standard InChI is InChI=1S/C18H38O4S.K/c1-3-5-7-8-9-10-11-13-15-18(23(20,21)22)16-17(19)14-12-6-4-2;/h17-19H,3-16H2,1-2H3,(H,20,21,22);/q;+1/p-1. The molecule has 6 heteroatoms. The fraction of sp³-hybridized carbons (Fsp3) is 1.00. The van der Waals surface area contributed by atoms with Gasteiger partial charge in [0, 0.05) is 0 Å². The van der Waals surface area contributed by atoms with E-state index in [1.54, 1.807) is 0 Å². The number of rotatable bonds is 16. The minimum absolute atomic E-state index is 0. The van der Waals surface area contributed by atoms with Crippen LogP contribution in [0.2, 0.25) is 0 Å². The van der Waals surface area contributed by atoms with E-state index in [2.05, 4.69) is 13.8 Å². The van der Waals surface area contributed by atoms with Gasteiger partial charge in [-0.15, -0.1) is 0 Å². The molecule has 4 nitrogen and oxygen atoms in total. The Balaban J connectivity index is 0. The summed E-state index contributed by atoms with van der Waals surface area (Å²) in [5, 5.41) is 9.01. The summed E-state index contributed by atoms with van der Waals surface area (Å²) in [6.45, 7) is 4.28. The van der Waals surface area contributed by atoms with Gasteiger partial charge in [0.2, 0.25) is 0 Å². The van der Waals surface area contributed by atoms with Gasteiger partial charge in [0.15, 0.2) is 0 Å². The number of hydrogen-bond acceptors (Lipinski definition) is 4. The molecule has 2 unspecified atom stereocenters. The van der Waals surface area contributed by atoms with Gasteiger partial charge in [-0.3, -0.25) is 0 Å². The molecule has 0 saturated carbocycles. The zero-order chi connectivity index (χ0) is 17.6. The van der Waals surface area contributed by atoms with Crippen molar-refractivity contribution >= 4 is 10.1 Å². The van der Waals surface area contributed by atoms with Gasteiger partial charge in [-0.1, -0.05) is 84.5 Å². The predicted molar refractivity (Wildman–Crippen MR) is 95.5 cm³/mol.